The minimum atomic E-state index is 0.488. The number of aromatic nitrogens is 2. The van der Waals surface area contributed by atoms with Crippen LogP contribution >= 0.6 is 0 Å². The van der Waals surface area contributed by atoms with Gasteiger partial charge >= 0.3 is 6.01 Å². The molecule has 0 aromatic carbocycles. The monoisotopic (exact) mass is 168 g/mol. The van der Waals surface area contributed by atoms with Crippen molar-refractivity contribution in [3.63, 3.8) is 0 Å². The molecule has 0 bridgehead atoms. The maximum Gasteiger partial charge on any atom is 0.321 e. The van der Waals surface area contributed by atoms with Crippen molar-refractivity contribution in [2.24, 2.45) is 5.73 Å². The maximum absolute atomic E-state index is 5.30. The summed E-state index contributed by atoms with van der Waals surface area (Å²) in [5.41, 5.74) is 5.30. The highest BCUT2D eigenvalue weighted by atomic mass is 16.5. The van der Waals surface area contributed by atoms with E-state index in [1.807, 2.05) is 0 Å². The van der Waals surface area contributed by atoms with Gasteiger partial charge in [-0.3, -0.25) is 0 Å². The fourth-order valence-electron chi connectivity index (χ4n) is 0.993. The number of anilines is 1. The number of hydrogen-bond acceptors (Lipinski definition) is 5. The van der Waals surface area contributed by atoms with Crippen LogP contribution in [0.1, 0.15) is 24.6 Å². The molecule has 0 unspecified atom stereocenters. The van der Waals surface area contributed by atoms with Gasteiger partial charge in [-0.2, -0.15) is 4.98 Å². The van der Waals surface area contributed by atoms with E-state index in [2.05, 4.69) is 15.5 Å². The molecule has 1 heterocycles. The number of nitrogens with two attached hydrogens (primary N) is 1. The lowest BCUT2D eigenvalue weighted by atomic mass is 10.4. The molecular formula is C7H12N4O. The van der Waals surface area contributed by atoms with Gasteiger partial charge in [0.25, 0.3) is 0 Å². The summed E-state index contributed by atoms with van der Waals surface area (Å²) in [5.74, 6) is 1.37. The van der Waals surface area contributed by atoms with E-state index in [9.17, 15) is 0 Å². The van der Waals surface area contributed by atoms with Gasteiger partial charge in [-0.05, 0) is 12.8 Å². The lowest BCUT2D eigenvalue weighted by molar-refractivity contribution is 0.423. The third-order valence-corrected chi connectivity index (χ3v) is 1.80. The molecule has 0 amide bonds. The van der Waals surface area contributed by atoms with Gasteiger partial charge in [0.05, 0.1) is 0 Å². The van der Waals surface area contributed by atoms with Gasteiger partial charge in [0.2, 0.25) is 0 Å². The van der Waals surface area contributed by atoms with Crippen LogP contribution in [0.25, 0.3) is 0 Å². The van der Waals surface area contributed by atoms with Crippen LogP contribution in [0.5, 0.6) is 0 Å². The first kappa shape index (κ1) is 7.54. The van der Waals surface area contributed by atoms with E-state index >= 15 is 0 Å². The number of nitrogens with zero attached hydrogens (tertiary/aromatic N) is 2. The summed E-state index contributed by atoms with van der Waals surface area (Å²) in [6.07, 6.45) is 2.38. The van der Waals surface area contributed by atoms with Crippen molar-refractivity contribution in [3.05, 3.63) is 5.82 Å². The van der Waals surface area contributed by atoms with Gasteiger partial charge in [-0.1, -0.05) is 5.16 Å². The smallest absolute Gasteiger partial charge is 0.321 e. The average Bonchev–Trinajstić information content (AvgIpc) is 2.83. The highest BCUT2D eigenvalue weighted by molar-refractivity contribution is 5.20. The average molecular weight is 168 g/mol. The summed E-state index contributed by atoms with van der Waals surface area (Å²) in [7, 11) is 0. The topological polar surface area (TPSA) is 77.0 Å². The third-order valence-electron chi connectivity index (χ3n) is 1.80. The first-order valence-electron chi connectivity index (χ1n) is 4.17. The molecule has 0 saturated heterocycles. The lowest BCUT2D eigenvalue weighted by Gasteiger charge is -1.93. The molecule has 5 nitrogen and oxygen atoms in total. The van der Waals surface area contributed by atoms with Gasteiger partial charge < -0.3 is 15.6 Å². The van der Waals surface area contributed by atoms with Crippen molar-refractivity contribution in [3.8, 4) is 0 Å². The van der Waals surface area contributed by atoms with Crippen LogP contribution in [0.15, 0.2) is 4.52 Å². The minimum absolute atomic E-state index is 0.488. The Labute approximate surface area is 70.3 Å². The van der Waals surface area contributed by atoms with Crippen LogP contribution in [-0.4, -0.2) is 23.2 Å². The summed E-state index contributed by atoms with van der Waals surface area (Å²) in [4.78, 5) is 4.17. The standard InChI is InChI=1S/C7H12N4O/c8-3-4-9-7-10-6(11-12-7)5-1-2-5/h5H,1-4,8H2,(H,9,10,11). The fourth-order valence-corrected chi connectivity index (χ4v) is 0.993. The molecular weight excluding hydrogens is 156 g/mol. The lowest BCUT2D eigenvalue weighted by Crippen LogP contribution is -2.13. The predicted octanol–water partition coefficient (Wildman–Crippen LogP) is 0.318. The predicted molar refractivity (Wildman–Crippen MR) is 43.8 cm³/mol. The Morgan fingerprint density at radius 2 is 2.42 bits per heavy atom. The Hall–Kier alpha value is -1.10. The second-order valence-corrected chi connectivity index (χ2v) is 2.95. The van der Waals surface area contributed by atoms with E-state index in [0.29, 0.717) is 25.0 Å². The first-order valence-corrected chi connectivity index (χ1v) is 4.17. The van der Waals surface area contributed by atoms with E-state index < -0.39 is 0 Å². The quantitative estimate of drug-likeness (QED) is 0.677. The molecule has 1 aliphatic carbocycles. The second-order valence-electron chi connectivity index (χ2n) is 2.95. The van der Waals surface area contributed by atoms with Crippen LogP contribution in [0, 0.1) is 0 Å². The molecule has 1 saturated carbocycles. The number of hydrogen-bond donors (Lipinski definition) is 2. The minimum Gasteiger partial charge on any atom is -0.336 e. The molecule has 1 aromatic rings. The maximum atomic E-state index is 5.30. The van der Waals surface area contributed by atoms with Crippen molar-refractivity contribution in [1.82, 2.24) is 10.1 Å². The Morgan fingerprint density at radius 3 is 3.08 bits per heavy atom. The first-order chi connectivity index (χ1) is 5.90. The van der Waals surface area contributed by atoms with Crippen LogP contribution in [-0.2, 0) is 0 Å². The zero-order valence-electron chi connectivity index (χ0n) is 6.79. The summed E-state index contributed by atoms with van der Waals surface area (Å²) in [6.45, 7) is 1.24. The molecule has 0 atom stereocenters. The van der Waals surface area contributed by atoms with Crippen molar-refractivity contribution >= 4 is 6.01 Å². The van der Waals surface area contributed by atoms with Crippen LogP contribution in [0.2, 0.25) is 0 Å². The van der Waals surface area contributed by atoms with Crippen molar-refractivity contribution in [2.75, 3.05) is 18.4 Å². The van der Waals surface area contributed by atoms with Gasteiger partial charge in [-0.25, -0.2) is 0 Å². The summed E-state index contributed by atoms with van der Waals surface area (Å²) in [5, 5.41) is 6.77. The van der Waals surface area contributed by atoms with E-state index in [4.69, 9.17) is 10.3 Å². The highest BCUT2D eigenvalue weighted by Crippen LogP contribution is 2.38. The molecule has 1 aromatic heterocycles. The number of rotatable bonds is 4. The largest absolute Gasteiger partial charge is 0.336 e. The van der Waals surface area contributed by atoms with E-state index in [0.717, 1.165) is 5.82 Å². The number of nitrogens with one attached hydrogen (secondary N) is 1. The SMILES string of the molecule is NCCNc1nc(C2CC2)no1. The molecule has 1 aliphatic rings. The molecule has 2 rings (SSSR count). The Balaban J connectivity index is 1.93. The zero-order valence-corrected chi connectivity index (χ0v) is 6.79. The van der Waals surface area contributed by atoms with Crippen molar-refractivity contribution < 1.29 is 4.52 Å². The summed E-state index contributed by atoms with van der Waals surface area (Å²) in [6, 6.07) is 0.488. The van der Waals surface area contributed by atoms with Gasteiger partial charge in [0.15, 0.2) is 5.82 Å². The molecule has 1 fully saturated rings. The van der Waals surface area contributed by atoms with Crippen molar-refractivity contribution in [2.45, 2.75) is 18.8 Å². The van der Waals surface area contributed by atoms with Crippen LogP contribution in [0.3, 0.4) is 0 Å². The summed E-state index contributed by atoms with van der Waals surface area (Å²) >= 11 is 0. The van der Waals surface area contributed by atoms with Gasteiger partial charge in [-0.15, -0.1) is 0 Å². The van der Waals surface area contributed by atoms with Crippen LogP contribution in [0.4, 0.5) is 6.01 Å². The molecule has 0 spiro atoms. The molecule has 3 N–H and O–H groups in total. The van der Waals surface area contributed by atoms with E-state index in [-0.39, 0.29) is 0 Å². The Morgan fingerprint density at radius 1 is 1.58 bits per heavy atom. The summed E-state index contributed by atoms with van der Waals surface area (Å²) < 4.78 is 4.94. The molecule has 66 valence electrons. The van der Waals surface area contributed by atoms with Crippen LogP contribution < -0.4 is 11.1 Å². The van der Waals surface area contributed by atoms with E-state index in [1.165, 1.54) is 12.8 Å². The van der Waals surface area contributed by atoms with Gasteiger partial charge in [0.1, 0.15) is 0 Å². The van der Waals surface area contributed by atoms with Gasteiger partial charge in [0, 0.05) is 19.0 Å². The molecule has 0 radical (unpaired) electrons. The Bertz CT molecular complexity index is 256. The molecule has 0 aliphatic heterocycles. The molecule has 12 heavy (non-hydrogen) atoms. The third kappa shape index (κ3) is 1.55. The fraction of sp³-hybridized carbons (Fsp3) is 0.714. The molecule has 5 heteroatoms. The second kappa shape index (κ2) is 3.10. The normalized spacial score (nSPS) is 16.4. The zero-order chi connectivity index (χ0) is 8.39. The Kier molecular flexibility index (Phi) is 1.95. The van der Waals surface area contributed by atoms with E-state index in [1.54, 1.807) is 0 Å². The van der Waals surface area contributed by atoms with Crippen molar-refractivity contribution in [1.29, 1.82) is 0 Å². The highest BCUT2D eigenvalue weighted by Gasteiger charge is 2.28.